The Morgan fingerprint density at radius 3 is 2.62 bits per heavy atom. The second kappa shape index (κ2) is 3.59. The molecule has 1 aromatic heterocycles. The van der Waals surface area contributed by atoms with Gasteiger partial charge in [0, 0.05) is 5.92 Å². The Kier molecular flexibility index (Phi) is 2.10. The van der Waals surface area contributed by atoms with Crippen LogP contribution in [0.3, 0.4) is 0 Å². The summed E-state index contributed by atoms with van der Waals surface area (Å²) in [5, 5.41) is 4.21. The van der Waals surface area contributed by atoms with E-state index in [9.17, 15) is 4.79 Å². The molecule has 0 spiro atoms. The number of hydrogen-bond donors (Lipinski definition) is 0. The molecule has 1 aliphatic rings. The lowest BCUT2D eigenvalue weighted by molar-refractivity contribution is 0.0960. The van der Waals surface area contributed by atoms with E-state index in [-0.39, 0.29) is 11.7 Å². The van der Waals surface area contributed by atoms with E-state index in [1.807, 2.05) is 30.3 Å². The number of benzene rings is 1. The van der Waals surface area contributed by atoms with Gasteiger partial charge in [0.15, 0.2) is 5.78 Å². The summed E-state index contributed by atoms with van der Waals surface area (Å²) in [6, 6.07) is 11.6. The lowest BCUT2D eigenvalue weighted by atomic mass is 10.2. The van der Waals surface area contributed by atoms with E-state index in [2.05, 4.69) is 5.10 Å². The van der Waals surface area contributed by atoms with Crippen LogP contribution in [0, 0.1) is 5.92 Å². The molecule has 0 unspecified atom stereocenters. The molecule has 0 bridgehead atoms. The summed E-state index contributed by atoms with van der Waals surface area (Å²) < 4.78 is 1.72. The summed E-state index contributed by atoms with van der Waals surface area (Å²) >= 11 is 0. The highest BCUT2D eigenvalue weighted by Crippen LogP contribution is 2.32. The Morgan fingerprint density at radius 2 is 1.94 bits per heavy atom. The van der Waals surface area contributed by atoms with Crippen LogP contribution in [-0.2, 0) is 0 Å². The third kappa shape index (κ3) is 1.54. The zero-order valence-electron chi connectivity index (χ0n) is 8.84. The van der Waals surface area contributed by atoms with E-state index < -0.39 is 0 Å². The molecule has 1 aromatic carbocycles. The topological polar surface area (TPSA) is 34.9 Å². The third-order valence-corrected chi connectivity index (χ3v) is 2.84. The molecular weight excluding hydrogens is 200 g/mol. The largest absolute Gasteiger partial charge is 0.292 e. The lowest BCUT2D eigenvalue weighted by Gasteiger charge is -2.05. The first-order valence-corrected chi connectivity index (χ1v) is 5.50. The fourth-order valence-electron chi connectivity index (χ4n) is 1.82. The van der Waals surface area contributed by atoms with Gasteiger partial charge in [0.05, 0.1) is 11.9 Å². The van der Waals surface area contributed by atoms with Gasteiger partial charge in [-0.25, -0.2) is 4.68 Å². The molecule has 0 amide bonds. The summed E-state index contributed by atoms with van der Waals surface area (Å²) in [4.78, 5) is 12.0. The Balaban J connectivity index is 2.02. The van der Waals surface area contributed by atoms with Crippen molar-refractivity contribution in [3.8, 4) is 5.69 Å². The number of carbonyl (C=O) groups excluding carboxylic acids is 1. The first-order chi connectivity index (χ1) is 7.86. The van der Waals surface area contributed by atoms with Crippen molar-refractivity contribution in [2.45, 2.75) is 12.8 Å². The molecule has 0 aliphatic heterocycles. The molecule has 3 heteroatoms. The zero-order chi connectivity index (χ0) is 11.0. The number of carbonyl (C=O) groups is 1. The van der Waals surface area contributed by atoms with Crippen molar-refractivity contribution in [1.29, 1.82) is 0 Å². The van der Waals surface area contributed by atoms with Crippen LogP contribution >= 0.6 is 0 Å². The SMILES string of the molecule is O=C(c1ccnn1-c1ccccc1)C1CC1. The quantitative estimate of drug-likeness (QED) is 0.732. The fraction of sp³-hybridized carbons (Fsp3) is 0.231. The van der Waals surface area contributed by atoms with Crippen LogP contribution in [0.4, 0.5) is 0 Å². The van der Waals surface area contributed by atoms with Gasteiger partial charge in [0.25, 0.3) is 0 Å². The molecule has 0 atom stereocenters. The van der Waals surface area contributed by atoms with Crippen LogP contribution in [0.2, 0.25) is 0 Å². The highest BCUT2D eigenvalue weighted by atomic mass is 16.1. The predicted molar refractivity (Wildman–Crippen MR) is 60.6 cm³/mol. The van der Waals surface area contributed by atoms with Crippen molar-refractivity contribution >= 4 is 5.78 Å². The molecule has 80 valence electrons. The van der Waals surface area contributed by atoms with Gasteiger partial charge in [0.1, 0.15) is 5.69 Å². The Hall–Kier alpha value is -1.90. The van der Waals surface area contributed by atoms with Gasteiger partial charge in [-0.2, -0.15) is 5.10 Å². The number of Topliss-reactive ketones (excluding diaryl/α,β-unsaturated/α-hetero) is 1. The molecule has 3 nitrogen and oxygen atoms in total. The molecule has 1 aliphatic carbocycles. The van der Waals surface area contributed by atoms with Gasteiger partial charge in [-0.15, -0.1) is 0 Å². The maximum atomic E-state index is 12.0. The van der Waals surface area contributed by atoms with Crippen molar-refractivity contribution in [2.75, 3.05) is 0 Å². The standard InChI is InChI=1S/C13H12N2O/c16-13(10-6-7-10)12-8-9-14-15(12)11-4-2-1-3-5-11/h1-5,8-10H,6-7H2. The number of rotatable bonds is 3. The Labute approximate surface area is 93.7 Å². The molecule has 0 radical (unpaired) electrons. The number of para-hydroxylation sites is 1. The lowest BCUT2D eigenvalue weighted by Crippen LogP contribution is -2.10. The van der Waals surface area contributed by atoms with Crippen molar-refractivity contribution in [1.82, 2.24) is 9.78 Å². The average molecular weight is 212 g/mol. The highest BCUT2D eigenvalue weighted by molar-refractivity contribution is 5.98. The second-order valence-electron chi connectivity index (χ2n) is 4.10. The minimum atomic E-state index is 0.223. The molecule has 1 saturated carbocycles. The molecule has 2 aromatic rings. The molecule has 1 heterocycles. The van der Waals surface area contributed by atoms with E-state index in [4.69, 9.17) is 0 Å². The molecular formula is C13H12N2O. The fourth-order valence-corrected chi connectivity index (χ4v) is 1.82. The number of aromatic nitrogens is 2. The van der Waals surface area contributed by atoms with Gasteiger partial charge < -0.3 is 0 Å². The first kappa shape index (κ1) is 9.33. The van der Waals surface area contributed by atoms with E-state index >= 15 is 0 Å². The summed E-state index contributed by atoms with van der Waals surface area (Å²) in [6.45, 7) is 0. The zero-order valence-corrected chi connectivity index (χ0v) is 8.84. The molecule has 1 fully saturated rings. The molecule has 0 saturated heterocycles. The minimum Gasteiger partial charge on any atom is -0.292 e. The molecule has 0 N–H and O–H groups in total. The maximum absolute atomic E-state index is 12.0. The van der Waals surface area contributed by atoms with E-state index in [1.165, 1.54) is 0 Å². The highest BCUT2D eigenvalue weighted by Gasteiger charge is 2.32. The summed E-state index contributed by atoms with van der Waals surface area (Å²) in [7, 11) is 0. The second-order valence-corrected chi connectivity index (χ2v) is 4.10. The smallest absolute Gasteiger partial charge is 0.184 e. The van der Waals surface area contributed by atoms with Crippen LogP contribution < -0.4 is 0 Å². The van der Waals surface area contributed by atoms with Crippen molar-refractivity contribution in [3.63, 3.8) is 0 Å². The summed E-state index contributed by atoms with van der Waals surface area (Å²) in [5.41, 5.74) is 1.64. The Morgan fingerprint density at radius 1 is 1.19 bits per heavy atom. The average Bonchev–Trinajstić information content (AvgIpc) is 3.06. The number of nitrogens with zero attached hydrogens (tertiary/aromatic N) is 2. The predicted octanol–water partition coefficient (Wildman–Crippen LogP) is 2.47. The van der Waals surface area contributed by atoms with E-state index in [0.717, 1.165) is 18.5 Å². The van der Waals surface area contributed by atoms with Crippen molar-refractivity contribution < 1.29 is 4.79 Å². The van der Waals surface area contributed by atoms with Crippen molar-refractivity contribution in [2.24, 2.45) is 5.92 Å². The number of ketones is 1. The number of hydrogen-bond acceptors (Lipinski definition) is 2. The Bertz CT molecular complexity index is 512. The normalized spacial score (nSPS) is 15.0. The van der Waals surface area contributed by atoms with Crippen LogP contribution in [-0.4, -0.2) is 15.6 Å². The summed E-state index contributed by atoms with van der Waals surface area (Å²) in [6.07, 6.45) is 3.74. The van der Waals surface area contributed by atoms with E-state index in [0.29, 0.717) is 5.69 Å². The van der Waals surface area contributed by atoms with E-state index in [1.54, 1.807) is 16.9 Å². The first-order valence-electron chi connectivity index (χ1n) is 5.50. The van der Waals surface area contributed by atoms with Crippen molar-refractivity contribution in [3.05, 3.63) is 48.3 Å². The summed E-state index contributed by atoms with van der Waals surface area (Å²) in [5.74, 6) is 0.459. The maximum Gasteiger partial charge on any atom is 0.184 e. The molecule has 3 rings (SSSR count). The van der Waals surface area contributed by atoms with Gasteiger partial charge in [-0.1, -0.05) is 18.2 Å². The van der Waals surface area contributed by atoms with Gasteiger partial charge >= 0.3 is 0 Å². The van der Waals surface area contributed by atoms with Gasteiger partial charge in [-0.05, 0) is 31.0 Å². The molecule has 16 heavy (non-hydrogen) atoms. The van der Waals surface area contributed by atoms with Crippen LogP contribution in [0.5, 0.6) is 0 Å². The van der Waals surface area contributed by atoms with Crippen LogP contribution in [0.1, 0.15) is 23.3 Å². The van der Waals surface area contributed by atoms with Gasteiger partial charge in [-0.3, -0.25) is 4.79 Å². The third-order valence-electron chi connectivity index (χ3n) is 2.84. The monoisotopic (exact) mass is 212 g/mol. The van der Waals surface area contributed by atoms with Gasteiger partial charge in [0.2, 0.25) is 0 Å². The van der Waals surface area contributed by atoms with Crippen LogP contribution in [0.25, 0.3) is 5.69 Å². The minimum absolute atomic E-state index is 0.223. The van der Waals surface area contributed by atoms with Crippen LogP contribution in [0.15, 0.2) is 42.6 Å².